The number of hydrogen-bond donors (Lipinski definition) is 1. The van der Waals surface area contributed by atoms with Crippen molar-refractivity contribution < 1.29 is 0 Å². The molecule has 0 spiro atoms. The largest absolute Gasteiger partial charge is 0.313 e. The number of nitriles is 1. The van der Waals surface area contributed by atoms with Crippen LogP contribution in [-0.2, 0) is 0 Å². The van der Waals surface area contributed by atoms with E-state index in [9.17, 15) is 0 Å². The van der Waals surface area contributed by atoms with Crippen molar-refractivity contribution in [2.24, 2.45) is 0 Å². The second-order valence-corrected chi connectivity index (χ2v) is 4.43. The van der Waals surface area contributed by atoms with Crippen LogP contribution in [0.4, 0.5) is 0 Å². The van der Waals surface area contributed by atoms with Crippen molar-refractivity contribution in [2.75, 3.05) is 6.54 Å². The highest BCUT2D eigenvalue weighted by Crippen LogP contribution is 2.40. The summed E-state index contributed by atoms with van der Waals surface area (Å²) in [6.45, 7) is 1.05. The van der Waals surface area contributed by atoms with Crippen molar-refractivity contribution in [3.63, 3.8) is 0 Å². The highest BCUT2D eigenvalue weighted by atomic mass is 15.0. The van der Waals surface area contributed by atoms with Crippen LogP contribution in [0.1, 0.15) is 37.2 Å². The third-order valence-corrected chi connectivity index (χ3v) is 3.14. The van der Waals surface area contributed by atoms with E-state index >= 15 is 0 Å². The normalized spacial score (nSPS) is 22.7. The van der Waals surface area contributed by atoms with Crippen molar-refractivity contribution in [2.45, 2.75) is 37.6 Å². The van der Waals surface area contributed by atoms with Gasteiger partial charge in [0.1, 0.15) is 0 Å². The van der Waals surface area contributed by atoms with Crippen molar-refractivity contribution in [3.05, 3.63) is 35.9 Å². The van der Waals surface area contributed by atoms with Crippen LogP contribution >= 0.6 is 0 Å². The summed E-state index contributed by atoms with van der Waals surface area (Å²) in [6, 6.07) is 13.6. The van der Waals surface area contributed by atoms with E-state index in [1.54, 1.807) is 0 Å². The maximum Gasteiger partial charge on any atom is 0.0621 e. The summed E-state index contributed by atoms with van der Waals surface area (Å²) in [5.74, 6) is 0.720. The van der Waals surface area contributed by atoms with Gasteiger partial charge in [0.15, 0.2) is 0 Å². The van der Waals surface area contributed by atoms with Crippen LogP contribution in [0, 0.1) is 11.3 Å². The van der Waals surface area contributed by atoms with Gasteiger partial charge in [0, 0.05) is 18.4 Å². The Morgan fingerprint density at radius 2 is 2.06 bits per heavy atom. The molecule has 0 saturated heterocycles. The van der Waals surface area contributed by atoms with Gasteiger partial charge in [-0.25, -0.2) is 0 Å². The number of nitrogens with zero attached hydrogens (tertiary/aromatic N) is 1. The molecule has 1 fully saturated rings. The number of rotatable bonds is 6. The standard InChI is InChI=1S/C14H18N2/c15-9-5-2-6-10-16-14-11-13(14)12-7-3-1-4-8-12/h1,3-4,7-8,13-14,16H,2,5-6,10-11H2. The van der Waals surface area contributed by atoms with E-state index in [-0.39, 0.29) is 0 Å². The molecule has 2 rings (SSSR count). The number of benzene rings is 1. The van der Waals surface area contributed by atoms with Crippen molar-refractivity contribution >= 4 is 0 Å². The fourth-order valence-electron chi connectivity index (χ4n) is 2.11. The van der Waals surface area contributed by atoms with Crippen LogP contribution in [0.5, 0.6) is 0 Å². The lowest BCUT2D eigenvalue weighted by Crippen LogP contribution is -2.19. The summed E-state index contributed by atoms with van der Waals surface area (Å²) in [4.78, 5) is 0. The molecule has 0 aromatic heterocycles. The number of hydrogen-bond acceptors (Lipinski definition) is 2. The minimum Gasteiger partial charge on any atom is -0.313 e. The molecule has 0 bridgehead atoms. The first kappa shape index (κ1) is 11.2. The monoisotopic (exact) mass is 214 g/mol. The lowest BCUT2D eigenvalue weighted by Gasteiger charge is -2.03. The first-order valence-electron chi connectivity index (χ1n) is 6.07. The van der Waals surface area contributed by atoms with E-state index < -0.39 is 0 Å². The SMILES string of the molecule is N#CCCCCNC1CC1c1ccccc1. The van der Waals surface area contributed by atoms with E-state index in [1.807, 2.05) is 0 Å². The lowest BCUT2D eigenvalue weighted by atomic mass is 10.1. The fourth-order valence-corrected chi connectivity index (χ4v) is 2.11. The molecule has 1 aliphatic rings. The molecule has 16 heavy (non-hydrogen) atoms. The van der Waals surface area contributed by atoms with Crippen molar-refractivity contribution in [3.8, 4) is 6.07 Å². The van der Waals surface area contributed by atoms with Crippen LogP contribution in [0.2, 0.25) is 0 Å². The predicted molar refractivity (Wildman–Crippen MR) is 65.1 cm³/mol. The second kappa shape index (κ2) is 5.67. The maximum absolute atomic E-state index is 8.41. The lowest BCUT2D eigenvalue weighted by molar-refractivity contribution is 0.617. The first-order valence-corrected chi connectivity index (χ1v) is 6.07. The smallest absolute Gasteiger partial charge is 0.0621 e. The molecule has 2 heteroatoms. The van der Waals surface area contributed by atoms with Crippen molar-refractivity contribution in [1.82, 2.24) is 5.32 Å². The van der Waals surface area contributed by atoms with Gasteiger partial charge in [0.25, 0.3) is 0 Å². The highest BCUT2D eigenvalue weighted by molar-refractivity contribution is 5.27. The van der Waals surface area contributed by atoms with Gasteiger partial charge in [0.05, 0.1) is 6.07 Å². The Balaban J connectivity index is 1.63. The van der Waals surface area contributed by atoms with Crippen LogP contribution in [0.25, 0.3) is 0 Å². The maximum atomic E-state index is 8.41. The van der Waals surface area contributed by atoms with Gasteiger partial charge in [0.2, 0.25) is 0 Å². The molecule has 1 aromatic rings. The van der Waals surface area contributed by atoms with E-state index in [1.165, 1.54) is 12.0 Å². The zero-order valence-corrected chi connectivity index (χ0v) is 9.52. The van der Waals surface area contributed by atoms with E-state index in [2.05, 4.69) is 41.7 Å². The minimum absolute atomic E-state index is 0.671. The van der Waals surface area contributed by atoms with Crippen LogP contribution < -0.4 is 5.32 Å². The highest BCUT2D eigenvalue weighted by Gasteiger charge is 2.37. The molecule has 2 atom stereocenters. The molecule has 1 N–H and O–H groups in total. The molecule has 2 unspecified atom stereocenters. The third-order valence-electron chi connectivity index (χ3n) is 3.14. The van der Waals surface area contributed by atoms with Gasteiger partial charge in [-0.05, 0) is 31.4 Å². The average Bonchev–Trinajstić information content (AvgIpc) is 3.10. The molecule has 0 radical (unpaired) electrons. The fraction of sp³-hybridized carbons (Fsp3) is 0.500. The Kier molecular flexibility index (Phi) is 3.96. The van der Waals surface area contributed by atoms with Crippen LogP contribution in [0.15, 0.2) is 30.3 Å². The molecular weight excluding hydrogens is 196 g/mol. The molecule has 0 amide bonds. The summed E-state index contributed by atoms with van der Waals surface area (Å²) in [5, 5.41) is 12.0. The summed E-state index contributed by atoms with van der Waals surface area (Å²) in [6.07, 6.45) is 4.09. The molecule has 2 nitrogen and oxygen atoms in total. The van der Waals surface area contributed by atoms with Gasteiger partial charge in [-0.3, -0.25) is 0 Å². The van der Waals surface area contributed by atoms with Gasteiger partial charge in [-0.2, -0.15) is 5.26 Å². The molecule has 0 aliphatic heterocycles. The summed E-state index contributed by atoms with van der Waals surface area (Å²) in [5.41, 5.74) is 1.46. The van der Waals surface area contributed by atoms with Crippen LogP contribution in [0.3, 0.4) is 0 Å². The Bertz CT molecular complexity index is 353. The zero-order chi connectivity index (χ0) is 11.2. The van der Waals surface area contributed by atoms with Crippen LogP contribution in [-0.4, -0.2) is 12.6 Å². The Hall–Kier alpha value is -1.33. The topological polar surface area (TPSA) is 35.8 Å². The molecule has 84 valence electrons. The van der Waals surface area contributed by atoms with E-state index in [0.29, 0.717) is 12.5 Å². The van der Waals surface area contributed by atoms with Gasteiger partial charge < -0.3 is 5.32 Å². The summed E-state index contributed by atoms with van der Waals surface area (Å²) >= 11 is 0. The predicted octanol–water partition coefficient (Wildman–Crippen LogP) is 2.83. The number of unbranched alkanes of at least 4 members (excludes halogenated alkanes) is 2. The molecule has 1 aromatic carbocycles. The number of nitrogens with one attached hydrogen (secondary N) is 1. The third kappa shape index (κ3) is 3.08. The molecule has 1 saturated carbocycles. The second-order valence-electron chi connectivity index (χ2n) is 4.43. The van der Waals surface area contributed by atoms with Gasteiger partial charge in [-0.1, -0.05) is 30.3 Å². The summed E-state index contributed by atoms with van der Waals surface area (Å²) < 4.78 is 0. The zero-order valence-electron chi connectivity index (χ0n) is 9.52. The first-order chi connectivity index (χ1) is 7.92. The van der Waals surface area contributed by atoms with Crippen molar-refractivity contribution in [1.29, 1.82) is 5.26 Å². The van der Waals surface area contributed by atoms with E-state index in [0.717, 1.165) is 25.3 Å². The van der Waals surface area contributed by atoms with Gasteiger partial charge >= 0.3 is 0 Å². The molecule has 1 aliphatic carbocycles. The minimum atomic E-state index is 0.671. The average molecular weight is 214 g/mol. The Labute approximate surface area is 97.3 Å². The summed E-state index contributed by atoms with van der Waals surface area (Å²) in [7, 11) is 0. The molecular formula is C14H18N2. The molecule has 0 heterocycles. The quantitative estimate of drug-likeness (QED) is 0.739. The Morgan fingerprint density at radius 1 is 1.25 bits per heavy atom. The Morgan fingerprint density at radius 3 is 2.81 bits per heavy atom. The van der Waals surface area contributed by atoms with E-state index in [4.69, 9.17) is 5.26 Å². The van der Waals surface area contributed by atoms with Gasteiger partial charge in [-0.15, -0.1) is 0 Å².